The van der Waals surface area contributed by atoms with Crippen molar-refractivity contribution in [1.29, 1.82) is 0 Å². The first-order valence-corrected chi connectivity index (χ1v) is 7.94. The van der Waals surface area contributed by atoms with Crippen LogP contribution in [0, 0.1) is 0 Å². The second-order valence-corrected chi connectivity index (χ2v) is 6.05. The number of likely N-dealkylation sites (tertiary alicyclic amines) is 1. The highest BCUT2D eigenvalue weighted by atomic mass is 16.2. The summed E-state index contributed by atoms with van der Waals surface area (Å²) >= 11 is 0. The standard InChI is InChI=1S/C17H24N2O/c20-17(18-15-10-11-15)16(14-8-4-3-5-9-14)19-12-6-1-2-7-13-19/h3-5,8-9,15-16H,1-2,6-7,10-13H2,(H,18,20)/t16-/m0/s1. The molecule has 20 heavy (non-hydrogen) atoms. The SMILES string of the molecule is O=C(NC1CC1)[C@H](c1ccccc1)N1CCCCCC1. The number of nitrogens with zero attached hydrogens (tertiary/aromatic N) is 1. The Balaban J connectivity index is 1.79. The Hall–Kier alpha value is -1.35. The van der Waals surface area contributed by atoms with Crippen LogP contribution in [0.3, 0.4) is 0 Å². The smallest absolute Gasteiger partial charge is 0.242 e. The van der Waals surface area contributed by atoms with Crippen molar-refractivity contribution in [3.05, 3.63) is 35.9 Å². The van der Waals surface area contributed by atoms with Gasteiger partial charge in [0.05, 0.1) is 0 Å². The maximum absolute atomic E-state index is 12.7. The van der Waals surface area contributed by atoms with Gasteiger partial charge in [-0.3, -0.25) is 9.69 Å². The average Bonchev–Trinajstić information content (AvgIpc) is 3.28. The zero-order valence-electron chi connectivity index (χ0n) is 12.1. The lowest BCUT2D eigenvalue weighted by Crippen LogP contribution is -2.41. The van der Waals surface area contributed by atoms with E-state index in [0.717, 1.165) is 31.5 Å². The van der Waals surface area contributed by atoms with Crippen molar-refractivity contribution in [3.63, 3.8) is 0 Å². The lowest BCUT2D eigenvalue weighted by molar-refractivity contribution is -0.126. The van der Waals surface area contributed by atoms with E-state index < -0.39 is 0 Å². The second-order valence-electron chi connectivity index (χ2n) is 6.05. The van der Waals surface area contributed by atoms with E-state index in [4.69, 9.17) is 0 Å². The lowest BCUT2D eigenvalue weighted by atomic mass is 10.0. The summed E-state index contributed by atoms with van der Waals surface area (Å²) in [6.07, 6.45) is 7.30. The van der Waals surface area contributed by atoms with Crippen LogP contribution < -0.4 is 5.32 Å². The van der Waals surface area contributed by atoms with Gasteiger partial charge in [-0.25, -0.2) is 0 Å². The van der Waals surface area contributed by atoms with Gasteiger partial charge in [0.25, 0.3) is 0 Å². The molecule has 3 rings (SSSR count). The van der Waals surface area contributed by atoms with Gasteiger partial charge in [-0.05, 0) is 44.3 Å². The molecule has 1 saturated carbocycles. The number of benzene rings is 1. The quantitative estimate of drug-likeness (QED) is 0.914. The molecule has 0 radical (unpaired) electrons. The van der Waals surface area contributed by atoms with E-state index in [2.05, 4.69) is 22.3 Å². The molecular formula is C17H24N2O. The number of hydrogen-bond donors (Lipinski definition) is 1. The summed E-state index contributed by atoms with van der Waals surface area (Å²) in [5, 5.41) is 3.19. The number of carbonyl (C=O) groups excluding carboxylic acids is 1. The molecule has 0 spiro atoms. The minimum atomic E-state index is -0.102. The third kappa shape index (κ3) is 3.40. The Morgan fingerprint density at radius 2 is 1.70 bits per heavy atom. The van der Waals surface area contributed by atoms with Crippen molar-refractivity contribution in [2.45, 2.75) is 50.6 Å². The van der Waals surface area contributed by atoms with Crippen molar-refractivity contribution in [2.24, 2.45) is 0 Å². The zero-order valence-corrected chi connectivity index (χ0v) is 12.1. The topological polar surface area (TPSA) is 32.3 Å². The molecule has 0 bridgehead atoms. The van der Waals surface area contributed by atoms with E-state index >= 15 is 0 Å². The molecule has 1 aliphatic carbocycles. The number of rotatable bonds is 4. The van der Waals surface area contributed by atoms with Crippen LogP contribution in [-0.4, -0.2) is 29.9 Å². The van der Waals surface area contributed by atoms with E-state index in [0.29, 0.717) is 6.04 Å². The van der Waals surface area contributed by atoms with Crippen molar-refractivity contribution < 1.29 is 4.79 Å². The fourth-order valence-electron chi connectivity index (χ4n) is 3.02. The predicted molar refractivity (Wildman–Crippen MR) is 80.4 cm³/mol. The first-order chi connectivity index (χ1) is 9.84. The molecule has 1 amide bonds. The first kappa shape index (κ1) is 13.6. The molecule has 108 valence electrons. The zero-order chi connectivity index (χ0) is 13.8. The summed E-state index contributed by atoms with van der Waals surface area (Å²) in [5.41, 5.74) is 1.13. The predicted octanol–water partition coefficient (Wildman–Crippen LogP) is 2.88. The second kappa shape index (κ2) is 6.40. The maximum Gasteiger partial charge on any atom is 0.242 e. The highest BCUT2D eigenvalue weighted by Crippen LogP contribution is 2.26. The van der Waals surface area contributed by atoms with Gasteiger partial charge in [-0.15, -0.1) is 0 Å². The van der Waals surface area contributed by atoms with Crippen LogP contribution in [0.5, 0.6) is 0 Å². The molecule has 1 aromatic carbocycles. The van der Waals surface area contributed by atoms with E-state index in [1.807, 2.05) is 18.2 Å². The van der Waals surface area contributed by atoms with Gasteiger partial charge in [-0.2, -0.15) is 0 Å². The molecule has 1 saturated heterocycles. The minimum absolute atomic E-state index is 0.102. The lowest BCUT2D eigenvalue weighted by Gasteiger charge is -2.30. The maximum atomic E-state index is 12.7. The summed E-state index contributed by atoms with van der Waals surface area (Å²) in [6.45, 7) is 2.08. The normalized spacial score (nSPS) is 22.0. The van der Waals surface area contributed by atoms with Crippen LogP contribution in [-0.2, 0) is 4.79 Å². The minimum Gasteiger partial charge on any atom is -0.352 e. The van der Waals surface area contributed by atoms with E-state index in [9.17, 15) is 4.79 Å². The van der Waals surface area contributed by atoms with E-state index in [1.165, 1.54) is 25.7 Å². The molecule has 2 aliphatic rings. The molecule has 1 atom stereocenters. The van der Waals surface area contributed by atoms with Crippen LogP contribution >= 0.6 is 0 Å². The molecule has 1 aliphatic heterocycles. The van der Waals surface area contributed by atoms with Gasteiger partial charge >= 0.3 is 0 Å². The first-order valence-electron chi connectivity index (χ1n) is 7.94. The monoisotopic (exact) mass is 272 g/mol. The van der Waals surface area contributed by atoms with Crippen LogP contribution in [0.4, 0.5) is 0 Å². The van der Waals surface area contributed by atoms with Crippen LogP contribution in [0.25, 0.3) is 0 Å². The van der Waals surface area contributed by atoms with Gasteiger partial charge < -0.3 is 5.32 Å². The van der Waals surface area contributed by atoms with Crippen molar-refractivity contribution in [3.8, 4) is 0 Å². The molecule has 2 fully saturated rings. The van der Waals surface area contributed by atoms with Crippen LogP contribution in [0.1, 0.15) is 50.1 Å². The van der Waals surface area contributed by atoms with Crippen molar-refractivity contribution >= 4 is 5.91 Å². The van der Waals surface area contributed by atoms with Gasteiger partial charge in [0.15, 0.2) is 0 Å². The van der Waals surface area contributed by atoms with Crippen LogP contribution in [0.2, 0.25) is 0 Å². The summed E-state index contributed by atoms with van der Waals surface area (Å²) in [7, 11) is 0. The Bertz CT molecular complexity index is 434. The third-order valence-electron chi connectivity index (χ3n) is 4.29. The molecule has 3 heteroatoms. The number of hydrogen-bond acceptors (Lipinski definition) is 2. The Morgan fingerprint density at radius 3 is 2.30 bits per heavy atom. The average molecular weight is 272 g/mol. The largest absolute Gasteiger partial charge is 0.352 e. The Morgan fingerprint density at radius 1 is 1.05 bits per heavy atom. The van der Waals surface area contributed by atoms with Gasteiger partial charge in [0.2, 0.25) is 5.91 Å². The van der Waals surface area contributed by atoms with Crippen molar-refractivity contribution in [2.75, 3.05) is 13.1 Å². The fraction of sp³-hybridized carbons (Fsp3) is 0.588. The number of amides is 1. The van der Waals surface area contributed by atoms with Gasteiger partial charge in [-0.1, -0.05) is 43.2 Å². The molecule has 1 heterocycles. The molecule has 0 unspecified atom stereocenters. The summed E-state index contributed by atoms with van der Waals surface area (Å²) in [6, 6.07) is 10.6. The molecule has 1 aromatic rings. The van der Waals surface area contributed by atoms with Gasteiger partial charge in [0.1, 0.15) is 6.04 Å². The highest BCUT2D eigenvalue weighted by Gasteiger charge is 2.32. The third-order valence-corrected chi connectivity index (χ3v) is 4.29. The van der Waals surface area contributed by atoms with E-state index in [1.54, 1.807) is 0 Å². The van der Waals surface area contributed by atoms with E-state index in [-0.39, 0.29) is 11.9 Å². The fourth-order valence-corrected chi connectivity index (χ4v) is 3.02. The Labute approximate surface area is 121 Å². The van der Waals surface area contributed by atoms with Crippen molar-refractivity contribution in [1.82, 2.24) is 10.2 Å². The number of nitrogens with one attached hydrogen (secondary N) is 1. The molecular weight excluding hydrogens is 248 g/mol. The number of carbonyl (C=O) groups is 1. The molecule has 1 N–H and O–H groups in total. The highest BCUT2D eigenvalue weighted by molar-refractivity contribution is 5.83. The summed E-state index contributed by atoms with van der Waals surface area (Å²) in [4.78, 5) is 15.0. The molecule has 0 aromatic heterocycles. The Kier molecular flexibility index (Phi) is 4.36. The summed E-state index contributed by atoms with van der Waals surface area (Å²) in [5.74, 6) is 0.195. The van der Waals surface area contributed by atoms with Gasteiger partial charge in [0, 0.05) is 6.04 Å². The summed E-state index contributed by atoms with van der Waals surface area (Å²) < 4.78 is 0. The molecule has 3 nitrogen and oxygen atoms in total. The van der Waals surface area contributed by atoms with Crippen LogP contribution in [0.15, 0.2) is 30.3 Å².